The Bertz CT molecular complexity index is 623. The van der Waals surface area contributed by atoms with Crippen molar-refractivity contribution in [3.05, 3.63) is 34.0 Å². The van der Waals surface area contributed by atoms with Gasteiger partial charge in [-0.25, -0.2) is 9.98 Å². The zero-order valence-corrected chi connectivity index (χ0v) is 8.15. The summed E-state index contributed by atoms with van der Waals surface area (Å²) in [5, 5.41) is 17.2. The first-order valence-corrected chi connectivity index (χ1v) is 4.43. The number of nitrogens with zero attached hydrogens (tertiary/aromatic N) is 4. The second-order valence-corrected chi connectivity index (χ2v) is 3.25. The number of nitriles is 2. The van der Waals surface area contributed by atoms with Gasteiger partial charge < -0.3 is 0 Å². The largest absolute Gasteiger partial charge is 0.431 e. The van der Waals surface area contributed by atoms with Gasteiger partial charge in [0.15, 0.2) is 0 Å². The van der Waals surface area contributed by atoms with Crippen molar-refractivity contribution in [2.75, 3.05) is 0 Å². The van der Waals surface area contributed by atoms with Crippen molar-refractivity contribution in [1.29, 1.82) is 10.5 Å². The van der Waals surface area contributed by atoms with Crippen LogP contribution in [0.5, 0.6) is 0 Å². The van der Waals surface area contributed by atoms with E-state index in [-0.39, 0.29) is 21.8 Å². The molecule has 0 spiro atoms. The zero-order chi connectivity index (χ0) is 12.6. The Morgan fingerprint density at radius 3 is 1.71 bits per heavy atom. The summed E-state index contributed by atoms with van der Waals surface area (Å²) in [4.78, 5) is 6.67. The van der Waals surface area contributed by atoms with Crippen LogP contribution in [0.25, 0.3) is 0 Å². The molecule has 0 radical (unpaired) electrons. The maximum atomic E-state index is 12.4. The quantitative estimate of drug-likeness (QED) is 0.660. The second-order valence-electron chi connectivity index (χ2n) is 3.25. The molecule has 0 unspecified atom stereocenters. The van der Waals surface area contributed by atoms with Crippen LogP contribution in [-0.4, -0.2) is 12.3 Å². The molecular formula is C10H3F3N4. The molecule has 17 heavy (non-hydrogen) atoms. The second kappa shape index (κ2) is 3.56. The van der Waals surface area contributed by atoms with Crippen molar-refractivity contribution in [3.8, 4) is 12.1 Å². The molecule has 2 rings (SSSR count). The van der Waals surface area contributed by atoms with E-state index in [1.807, 2.05) is 0 Å². The van der Waals surface area contributed by atoms with Gasteiger partial charge in [0.05, 0.1) is 11.1 Å². The first-order valence-electron chi connectivity index (χ1n) is 4.43. The Kier molecular flexibility index (Phi) is 2.32. The normalized spacial score (nSPS) is 14.2. The van der Waals surface area contributed by atoms with Gasteiger partial charge in [0.2, 0.25) is 6.17 Å². The summed E-state index contributed by atoms with van der Waals surface area (Å²) in [5.41, 5.74) is -0.0380. The summed E-state index contributed by atoms with van der Waals surface area (Å²) in [6.45, 7) is 0. The molecule has 1 aromatic rings. The van der Waals surface area contributed by atoms with Gasteiger partial charge in [-0.15, -0.1) is 0 Å². The molecule has 84 valence electrons. The average molecular weight is 236 g/mol. The highest BCUT2D eigenvalue weighted by atomic mass is 19.4. The van der Waals surface area contributed by atoms with Crippen LogP contribution in [0, 0.1) is 22.7 Å². The Hall–Kier alpha value is -2.41. The van der Waals surface area contributed by atoms with Crippen LogP contribution < -0.4 is 10.7 Å². The Balaban J connectivity index is 2.78. The molecule has 0 aliphatic carbocycles. The molecule has 0 fully saturated rings. The number of benzene rings is 1. The first kappa shape index (κ1) is 11.1. The van der Waals surface area contributed by atoms with Crippen molar-refractivity contribution in [2.45, 2.75) is 12.3 Å². The van der Waals surface area contributed by atoms with E-state index in [0.29, 0.717) is 0 Å². The molecule has 0 atom stereocenters. The lowest BCUT2D eigenvalue weighted by Crippen LogP contribution is -2.27. The number of alkyl halides is 3. The highest BCUT2D eigenvalue weighted by Gasteiger charge is 2.41. The fourth-order valence-electron chi connectivity index (χ4n) is 1.44. The highest BCUT2D eigenvalue weighted by Crippen LogP contribution is 2.24. The van der Waals surface area contributed by atoms with Gasteiger partial charge in [-0.05, 0) is 12.1 Å². The van der Waals surface area contributed by atoms with Crippen molar-refractivity contribution < 1.29 is 13.2 Å². The van der Waals surface area contributed by atoms with Gasteiger partial charge >= 0.3 is 6.18 Å². The minimum absolute atomic E-state index is 0.0190. The summed E-state index contributed by atoms with van der Waals surface area (Å²) in [6.07, 6.45) is -6.84. The maximum Gasteiger partial charge on any atom is 0.431 e. The summed E-state index contributed by atoms with van der Waals surface area (Å²) >= 11 is 0. The minimum atomic E-state index is -4.61. The van der Waals surface area contributed by atoms with Crippen LogP contribution in [0.15, 0.2) is 22.1 Å². The third kappa shape index (κ3) is 1.72. The lowest BCUT2D eigenvalue weighted by atomic mass is 10.1. The Labute approximate surface area is 93.0 Å². The number of hydrogen-bond acceptors (Lipinski definition) is 4. The molecule has 4 nitrogen and oxygen atoms in total. The van der Waals surface area contributed by atoms with Crippen LogP contribution in [0.3, 0.4) is 0 Å². The fourth-order valence-corrected chi connectivity index (χ4v) is 1.44. The molecule has 0 amide bonds. The topological polar surface area (TPSA) is 72.3 Å². The molecular weight excluding hydrogens is 233 g/mol. The van der Waals surface area contributed by atoms with Crippen LogP contribution in [0.4, 0.5) is 13.2 Å². The molecule has 0 N–H and O–H groups in total. The van der Waals surface area contributed by atoms with Gasteiger partial charge in [0, 0.05) is 0 Å². The Morgan fingerprint density at radius 1 is 1.00 bits per heavy atom. The fraction of sp³-hybridized carbons (Fsp3) is 0.200. The first-order chi connectivity index (χ1) is 7.97. The molecule has 0 bridgehead atoms. The van der Waals surface area contributed by atoms with Gasteiger partial charge in [-0.1, -0.05) is 0 Å². The van der Waals surface area contributed by atoms with Crippen LogP contribution >= 0.6 is 0 Å². The molecule has 1 aliphatic heterocycles. The van der Waals surface area contributed by atoms with Crippen molar-refractivity contribution >= 4 is 0 Å². The molecule has 1 aromatic carbocycles. The predicted molar refractivity (Wildman–Crippen MR) is 48.0 cm³/mol. The van der Waals surface area contributed by atoms with Gasteiger partial charge in [0.1, 0.15) is 22.9 Å². The molecule has 0 saturated carbocycles. The van der Waals surface area contributed by atoms with Gasteiger partial charge in [0.25, 0.3) is 0 Å². The van der Waals surface area contributed by atoms with Gasteiger partial charge in [-0.3, -0.25) is 0 Å². The highest BCUT2D eigenvalue weighted by molar-refractivity contribution is 5.37. The van der Waals surface area contributed by atoms with E-state index in [1.165, 1.54) is 12.1 Å². The zero-order valence-electron chi connectivity index (χ0n) is 8.15. The van der Waals surface area contributed by atoms with E-state index in [4.69, 9.17) is 10.5 Å². The molecule has 0 saturated heterocycles. The van der Waals surface area contributed by atoms with Crippen LogP contribution in [0.2, 0.25) is 0 Å². The van der Waals surface area contributed by atoms with E-state index in [0.717, 1.165) is 0 Å². The van der Waals surface area contributed by atoms with Crippen molar-refractivity contribution in [1.82, 2.24) is 0 Å². The number of rotatable bonds is 0. The maximum absolute atomic E-state index is 12.4. The number of halogens is 3. The smallest absolute Gasteiger partial charge is 0.245 e. The average Bonchev–Trinajstić information content (AvgIpc) is 2.72. The number of hydrogen-bond donors (Lipinski definition) is 0. The molecule has 7 heteroatoms. The summed E-state index contributed by atoms with van der Waals surface area (Å²) in [6, 6.07) is 5.96. The van der Waals surface area contributed by atoms with E-state index >= 15 is 0 Å². The lowest BCUT2D eigenvalue weighted by molar-refractivity contribution is -0.145. The van der Waals surface area contributed by atoms with E-state index in [1.54, 1.807) is 12.1 Å². The summed E-state index contributed by atoms with van der Waals surface area (Å²) in [7, 11) is 0. The van der Waals surface area contributed by atoms with E-state index in [9.17, 15) is 13.2 Å². The van der Waals surface area contributed by atoms with Crippen LogP contribution in [0.1, 0.15) is 11.1 Å². The number of fused-ring (bicyclic) bond motifs is 1. The minimum Gasteiger partial charge on any atom is -0.245 e. The molecule has 1 aliphatic rings. The van der Waals surface area contributed by atoms with E-state index < -0.39 is 12.3 Å². The SMILES string of the molecule is N#Cc1ccc(C#N)c2c1=NC(C(F)(F)F)N=2. The van der Waals surface area contributed by atoms with Crippen LogP contribution in [-0.2, 0) is 0 Å². The Morgan fingerprint density at radius 2 is 1.41 bits per heavy atom. The molecule has 1 heterocycles. The third-order valence-electron chi connectivity index (χ3n) is 2.19. The third-order valence-corrected chi connectivity index (χ3v) is 2.19. The monoisotopic (exact) mass is 236 g/mol. The van der Waals surface area contributed by atoms with Gasteiger partial charge in [-0.2, -0.15) is 23.7 Å². The van der Waals surface area contributed by atoms with Crippen molar-refractivity contribution in [3.63, 3.8) is 0 Å². The van der Waals surface area contributed by atoms with E-state index in [2.05, 4.69) is 9.98 Å². The standard InChI is InChI=1S/C10H3F3N4/c11-10(12,13)9-16-7-5(3-14)1-2-6(4-15)8(7)17-9/h1-2,9H. The lowest BCUT2D eigenvalue weighted by Gasteiger charge is -2.07. The predicted octanol–water partition coefficient (Wildman–Crippen LogP) is 0.571. The summed E-state index contributed by atoms with van der Waals surface area (Å²) < 4.78 is 37.3. The van der Waals surface area contributed by atoms with Crippen molar-refractivity contribution in [2.24, 2.45) is 9.98 Å². The summed E-state index contributed by atoms with van der Waals surface area (Å²) in [5.74, 6) is 0. The molecule has 0 aromatic heterocycles.